The van der Waals surface area contributed by atoms with Crippen LogP contribution < -0.4 is 10.6 Å². The number of nitrogens with zero attached hydrogens (tertiary/aromatic N) is 1. The summed E-state index contributed by atoms with van der Waals surface area (Å²) in [7, 11) is 0. The molecule has 0 aliphatic carbocycles. The minimum atomic E-state index is -0.345. The number of nitrogens with one attached hydrogen (secondary N) is 2. The first-order valence-corrected chi connectivity index (χ1v) is 10.3. The largest absolute Gasteiger partial charge is 0.462 e. The fourth-order valence-corrected chi connectivity index (χ4v) is 3.46. The van der Waals surface area contributed by atoms with Crippen LogP contribution in [0.15, 0.2) is 60.0 Å². The van der Waals surface area contributed by atoms with Crippen LogP contribution in [0.25, 0.3) is 11.3 Å². The summed E-state index contributed by atoms with van der Waals surface area (Å²) < 4.78 is 4.98. The Morgan fingerprint density at radius 3 is 2.52 bits per heavy atom. The van der Waals surface area contributed by atoms with E-state index in [1.807, 2.05) is 54.8 Å². The Morgan fingerprint density at radius 2 is 1.83 bits per heavy atom. The van der Waals surface area contributed by atoms with E-state index >= 15 is 0 Å². The van der Waals surface area contributed by atoms with E-state index in [4.69, 9.17) is 4.74 Å². The van der Waals surface area contributed by atoms with E-state index in [2.05, 4.69) is 15.6 Å². The molecule has 0 unspecified atom stereocenters. The number of carbonyl (C=O) groups excluding carboxylic acids is 2. The predicted octanol–water partition coefficient (Wildman–Crippen LogP) is 4.28. The van der Waals surface area contributed by atoms with Gasteiger partial charge in [-0.05, 0) is 31.5 Å². The van der Waals surface area contributed by atoms with Gasteiger partial charge >= 0.3 is 5.97 Å². The monoisotopic (exact) mass is 409 g/mol. The molecule has 1 heterocycles. The standard InChI is InChI=1S/C22H23N3O3S/c1-3-28-21(27)18-11-9-17(10-12-18)19-14-29-22(24-19)25-20(26)13-23-15(2)16-7-5-4-6-8-16/h4-12,14-15,23H,3,13H2,1-2H3,(H,24,25,26)/t15-/m0/s1. The van der Waals surface area contributed by atoms with Gasteiger partial charge in [0.2, 0.25) is 5.91 Å². The van der Waals surface area contributed by atoms with E-state index in [-0.39, 0.29) is 24.5 Å². The zero-order valence-corrected chi connectivity index (χ0v) is 17.2. The first kappa shape index (κ1) is 20.7. The number of benzene rings is 2. The number of amides is 1. The molecule has 0 radical (unpaired) electrons. The summed E-state index contributed by atoms with van der Waals surface area (Å²) in [6, 6.07) is 17.1. The first-order chi connectivity index (χ1) is 14.1. The lowest BCUT2D eigenvalue weighted by atomic mass is 10.1. The second-order valence-electron chi connectivity index (χ2n) is 6.40. The summed E-state index contributed by atoms with van der Waals surface area (Å²) in [5, 5.41) is 8.43. The van der Waals surface area contributed by atoms with E-state index in [1.165, 1.54) is 11.3 Å². The molecule has 0 fully saturated rings. The third-order valence-electron chi connectivity index (χ3n) is 4.31. The lowest BCUT2D eigenvalue weighted by Crippen LogP contribution is -2.30. The Labute approximate surface area is 173 Å². The van der Waals surface area contributed by atoms with Gasteiger partial charge in [0.25, 0.3) is 0 Å². The molecule has 2 N–H and O–H groups in total. The molecular formula is C22H23N3O3S. The molecule has 0 bridgehead atoms. The minimum Gasteiger partial charge on any atom is -0.462 e. The van der Waals surface area contributed by atoms with Gasteiger partial charge in [0, 0.05) is 17.0 Å². The molecule has 150 valence electrons. The molecule has 1 atom stereocenters. The Hall–Kier alpha value is -3.03. The summed E-state index contributed by atoms with van der Waals surface area (Å²) in [6.07, 6.45) is 0. The summed E-state index contributed by atoms with van der Waals surface area (Å²) in [5.74, 6) is -0.492. The zero-order valence-electron chi connectivity index (χ0n) is 16.3. The van der Waals surface area contributed by atoms with Crippen molar-refractivity contribution in [3.05, 3.63) is 71.1 Å². The van der Waals surface area contributed by atoms with E-state index < -0.39 is 0 Å². The smallest absolute Gasteiger partial charge is 0.338 e. The molecule has 0 saturated heterocycles. The van der Waals surface area contributed by atoms with E-state index in [9.17, 15) is 9.59 Å². The number of esters is 1. The van der Waals surface area contributed by atoms with Crippen LogP contribution in [0.5, 0.6) is 0 Å². The van der Waals surface area contributed by atoms with Crippen molar-refractivity contribution in [1.29, 1.82) is 0 Å². The van der Waals surface area contributed by atoms with Crippen molar-refractivity contribution in [3.63, 3.8) is 0 Å². The maximum absolute atomic E-state index is 12.2. The lowest BCUT2D eigenvalue weighted by Gasteiger charge is -2.13. The zero-order chi connectivity index (χ0) is 20.6. The van der Waals surface area contributed by atoms with Gasteiger partial charge < -0.3 is 15.4 Å². The number of ether oxygens (including phenoxy) is 1. The highest BCUT2D eigenvalue weighted by atomic mass is 32.1. The molecule has 0 saturated carbocycles. The van der Waals surface area contributed by atoms with Crippen molar-refractivity contribution in [3.8, 4) is 11.3 Å². The second kappa shape index (κ2) is 9.95. The topological polar surface area (TPSA) is 80.3 Å². The summed E-state index contributed by atoms with van der Waals surface area (Å²) in [5.41, 5.74) is 3.23. The molecule has 2 aromatic carbocycles. The third-order valence-corrected chi connectivity index (χ3v) is 5.07. The van der Waals surface area contributed by atoms with Gasteiger partial charge in [0.1, 0.15) is 0 Å². The second-order valence-corrected chi connectivity index (χ2v) is 7.26. The van der Waals surface area contributed by atoms with E-state index in [1.54, 1.807) is 19.1 Å². The van der Waals surface area contributed by atoms with Crippen molar-refractivity contribution in [2.24, 2.45) is 0 Å². The Bertz CT molecular complexity index is 955. The maximum Gasteiger partial charge on any atom is 0.338 e. The van der Waals surface area contributed by atoms with Gasteiger partial charge in [0.05, 0.1) is 24.4 Å². The van der Waals surface area contributed by atoms with Crippen LogP contribution in [0.1, 0.15) is 35.8 Å². The van der Waals surface area contributed by atoms with Crippen molar-refractivity contribution < 1.29 is 14.3 Å². The molecule has 6 nitrogen and oxygen atoms in total. The molecule has 0 spiro atoms. The summed E-state index contributed by atoms with van der Waals surface area (Å²) in [4.78, 5) is 28.4. The molecule has 3 aromatic rings. The highest BCUT2D eigenvalue weighted by molar-refractivity contribution is 7.14. The van der Waals surface area contributed by atoms with E-state index in [0.717, 1.165) is 16.8 Å². The molecular weight excluding hydrogens is 386 g/mol. The van der Waals surface area contributed by atoms with Gasteiger partial charge in [-0.1, -0.05) is 42.5 Å². The third kappa shape index (κ3) is 5.73. The number of thiazole rings is 1. The average molecular weight is 410 g/mol. The fraction of sp³-hybridized carbons (Fsp3) is 0.227. The highest BCUT2D eigenvalue weighted by Gasteiger charge is 2.11. The normalized spacial score (nSPS) is 11.7. The quantitative estimate of drug-likeness (QED) is 0.543. The fourth-order valence-electron chi connectivity index (χ4n) is 2.72. The van der Waals surface area contributed by atoms with Crippen LogP contribution in [0.2, 0.25) is 0 Å². The summed E-state index contributed by atoms with van der Waals surface area (Å²) >= 11 is 1.36. The van der Waals surface area contributed by atoms with Crippen molar-refractivity contribution in [1.82, 2.24) is 10.3 Å². The van der Waals surface area contributed by atoms with Crippen LogP contribution in [0, 0.1) is 0 Å². The molecule has 0 aliphatic heterocycles. The predicted molar refractivity (Wildman–Crippen MR) is 115 cm³/mol. The summed E-state index contributed by atoms with van der Waals surface area (Å²) in [6.45, 7) is 4.33. The highest BCUT2D eigenvalue weighted by Crippen LogP contribution is 2.25. The van der Waals surface area contributed by atoms with Gasteiger partial charge in [-0.3, -0.25) is 4.79 Å². The Morgan fingerprint density at radius 1 is 1.10 bits per heavy atom. The SMILES string of the molecule is CCOC(=O)c1ccc(-c2csc(NC(=O)CN[C@@H](C)c3ccccc3)n2)cc1. The number of anilines is 1. The first-order valence-electron chi connectivity index (χ1n) is 9.38. The average Bonchev–Trinajstić information content (AvgIpc) is 3.21. The van der Waals surface area contributed by atoms with Crippen LogP contribution >= 0.6 is 11.3 Å². The number of rotatable bonds is 8. The van der Waals surface area contributed by atoms with Crippen molar-refractivity contribution in [2.45, 2.75) is 19.9 Å². The Kier molecular flexibility index (Phi) is 7.10. The van der Waals surface area contributed by atoms with Crippen LogP contribution in [0.3, 0.4) is 0 Å². The molecule has 1 amide bonds. The van der Waals surface area contributed by atoms with Gasteiger partial charge in [-0.2, -0.15) is 0 Å². The number of aromatic nitrogens is 1. The van der Waals surface area contributed by atoms with Crippen LogP contribution in [-0.2, 0) is 9.53 Å². The van der Waals surface area contributed by atoms with E-state index in [0.29, 0.717) is 17.3 Å². The van der Waals surface area contributed by atoms with Crippen molar-refractivity contribution in [2.75, 3.05) is 18.5 Å². The number of hydrogen-bond donors (Lipinski definition) is 2. The maximum atomic E-state index is 12.2. The number of hydrogen-bond acceptors (Lipinski definition) is 6. The van der Waals surface area contributed by atoms with Crippen LogP contribution in [-0.4, -0.2) is 30.0 Å². The van der Waals surface area contributed by atoms with Crippen LogP contribution in [0.4, 0.5) is 5.13 Å². The minimum absolute atomic E-state index is 0.0757. The Balaban J connectivity index is 1.54. The lowest BCUT2D eigenvalue weighted by molar-refractivity contribution is -0.115. The van der Waals surface area contributed by atoms with Gasteiger partial charge in [-0.25, -0.2) is 9.78 Å². The molecule has 1 aromatic heterocycles. The molecule has 3 rings (SSSR count). The molecule has 7 heteroatoms. The molecule has 29 heavy (non-hydrogen) atoms. The van der Waals surface area contributed by atoms with Crippen molar-refractivity contribution >= 4 is 28.3 Å². The van der Waals surface area contributed by atoms with Gasteiger partial charge in [-0.15, -0.1) is 11.3 Å². The number of carbonyl (C=O) groups is 2. The van der Waals surface area contributed by atoms with Gasteiger partial charge in [0.15, 0.2) is 5.13 Å². The molecule has 0 aliphatic rings.